The minimum absolute atomic E-state index is 0.146. The Kier molecular flexibility index (Phi) is 4.23. The maximum Gasteiger partial charge on any atom is 0.332 e. The van der Waals surface area contributed by atoms with Gasteiger partial charge in [0.05, 0.1) is 12.8 Å². The summed E-state index contributed by atoms with van der Waals surface area (Å²) >= 11 is 0. The van der Waals surface area contributed by atoms with Gasteiger partial charge < -0.3 is 9.32 Å². The number of carbonyl (C=O) groups excluding carboxylic acids is 1. The number of aryl methyl sites for hydroxylation is 1. The molecule has 1 spiro atoms. The Morgan fingerprint density at radius 3 is 2.67 bits per heavy atom. The molecule has 3 aromatic rings. The van der Waals surface area contributed by atoms with E-state index in [1.54, 1.807) is 17.0 Å². The van der Waals surface area contributed by atoms with Gasteiger partial charge in [-0.15, -0.1) is 0 Å². The van der Waals surface area contributed by atoms with Crippen LogP contribution in [-0.2, 0) is 19.5 Å². The van der Waals surface area contributed by atoms with E-state index < -0.39 is 11.1 Å². The summed E-state index contributed by atoms with van der Waals surface area (Å²) in [7, 11) is 0. The van der Waals surface area contributed by atoms with E-state index in [1.165, 1.54) is 15.5 Å². The van der Waals surface area contributed by atoms with E-state index in [4.69, 9.17) is 4.42 Å². The quantitative estimate of drug-likeness (QED) is 0.614. The first kappa shape index (κ1) is 18.6. The number of amides is 1. The molecule has 1 aromatic carbocycles. The van der Waals surface area contributed by atoms with Crippen molar-refractivity contribution in [2.45, 2.75) is 32.9 Å². The number of fused-ring (bicyclic) bond motifs is 1. The Balaban J connectivity index is 1.40. The van der Waals surface area contributed by atoms with Gasteiger partial charge in [0.15, 0.2) is 5.76 Å². The minimum atomic E-state index is -0.613. The number of hydrogen-bond donors (Lipinski definition) is 0. The average Bonchev–Trinajstić information content (AvgIpc) is 3.48. The Bertz CT molecular complexity index is 1220. The lowest BCUT2D eigenvalue weighted by molar-refractivity contribution is 0.0740. The average molecular weight is 406 g/mol. The van der Waals surface area contributed by atoms with Crippen LogP contribution in [0.15, 0.2) is 56.7 Å². The zero-order valence-corrected chi connectivity index (χ0v) is 16.7. The molecule has 0 N–H and O–H groups in total. The third-order valence-corrected chi connectivity index (χ3v) is 6.15. The molecule has 30 heavy (non-hydrogen) atoms. The number of carbonyl (C=O) groups is 1. The lowest BCUT2D eigenvalue weighted by atomic mass is 9.86. The topological polar surface area (TPSA) is 90.3 Å². The summed E-state index contributed by atoms with van der Waals surface area (Å²) in [6.45, 7) is 3.78. The Morgan fingerprint density at radius 1 is 1.13 bits per heavy atom. The largest absolute Gasteiger partial charge is 0.459 e. The molecule has 8 nitrogen and oxygen atoms in total. The van der Waals surface area contributed by atoms with Crippen LogP contribution in [0.1, 0.15) is 33.9 Å². The number of aromatic nitrogens is 3. The zero-order chi connectivity index (χ0) is 20.9. The van der Waals surface area contributed by atoms with Crippen molar-refractivity contribution in [3.05, 3.63) is 86.1 Å². The molecule has 5 rings (SSSR count). The summed E-state index contributed by atoms with van der Waals surface area (Å²) in [5.74, 6) is 0.779. The first-order valence-electron chi connectivity index (χ1n) is 10.0. The van der Waals surface area contributed by atoms with Crippen LogP contribution in [0.4, 0.5) is 0 Å². The highest BCUT2D eigenvalue weighted by molar-refractivity contribution is 5.91. The van der Waals surface area contributed by atoms with Gasteiger partial charge >= 0.3 is 11.1 Å². The molecule has 0 unspecified atom stereocenters. The second kappa shape index (κ2) is 6.83. The fraction of sp³-hybridized carbons (Fsp3) is 0.364. The fourth-order valence-corrected chi connectivity index (χ4v) is 4.51. The number of hydrogen-bond acceptors (Lipinski definition) is 5. The van der Waals surface area contributed by atoms with E-state index in [1.807, 2.05) is 31.2 Å². The highest BCUT2D eigenvalue weighted by Gasteiger charge is 2.46. The summed E-state index contributed by atoms with van der Waals surface area (Å²) in [6, 6.07) is 11.2. The van der Waals surface area contributed by atoms with Gasteiger partial charge in [0.1, 0.15) is 5.82 Å². The first-order valence-corrected chi connectivity index (χ1v) is 10.0. The molecule has 0 saturated carbocycles. The number of benzene rings is 1. The van der Waals surface area contributed by atoms with Crippen LogP contribution in [-0.4, -0.2) is 38.2 Å². The van der Waals surface area contributed by atoms with Crippen LogP contribution in [0.2, 0.25) is 0 Å². The van der Waals surface area contributed by atoms with Crippen molar-refractivity contribution in [3.63, 3.8) is 0 Å². The highest BCUT2D eigenvalue weighted by atomic mass is 16.3. The van der Waals surface area contributed by atoms with Gasteiger partial charge in [-0.05, 0) is 31.0 Å². The molecule has 1 saturated heterocycles. The summed E-state index contributed by atoms with van der Waals surface area (Å²) in [4.78, 5) is 39.8. The van der Waals surface area contributed by atoms with Crippen molar-refractivity contribution >= 4 is 5.91 Å². The van der Waals surface area contributed by atoms with Crippen molar-refractivity contribution in [1.82, 2.24) is 19.2 Å². The molecule has 154 valence electrons. The standard InChI is InChI=1S/C22H22N4O4/c1-15-4-6-16(7-5-15)12-26-21(29)20(28)25-14-22(11-18(25)23-26)8-9-24(13-22)19(27)17-3-2-10-30-17/h2-7,10H,8-9,11-14H2,1H3/t22-/m0/s1. The fourth-order valence-electron chi connectivity index (χ4n) is 4.51. The molecule has 8 heteroatoms. The monoisotopic (exact) mass is 406 g/mol. The van der Waals surface area contributed by atoms with E-state index in [0.717, 1.165) is 17.5 Å². The smallest absolute Gasteiger partial charge is 0.332 e. The molecule has 0 aliphatic carbocycles. The number of rotatable bonds is 3. The zero-order valence-electron chi connectivity index (χ0n) is 16.7. The number of likely N-dealkylation sites (tertiary alicyclic amines) is 1. The van der Waals surface area contributed by atoms with Crippen molar-refractivity contribution < 1.29 is 9.21 Å². The molecule has 1 atom stereocenters. The Hall–Kier alpha value is -3.42. The second-order valence-electron chi connectivity index (χ2n) is 8.39. The van der Waals surface area contributed by atoms with E-state index in [0.29, 0.717) is 37.6 Å². The van der Waals surface area contributed by atoms with Crippen LogP contribution in [0.3, 0.4) is 0 Å². The summed E-state index contributed by atoms with van der Waals surface area (Å²) in [5.41, 5.74) is 0.627. The van der Waals surface area contributed by atoms with Crippen molar-refractivity contribution in [1.29, 1.82) is 0 Å². The van der Waals surface area contributed by atoms with Gasteiger partial charge in [-0.2, -0.15) is 5.10 Å². The molecular weight excluding hydrogens is 384 g/mol. The van der Waals surface area contributed by atoms with Crippen molar-refractivity contribution in [3.8, 4) is 0 Å². The summed E-state index contributed by atoms with van der Waals surface area (Å²) in [5, 5.41) is 4.52. The normalized spacial score (nSPS) is 20.1. The van der Waals surface area contributed by atoms with Gasteiger partial charge in [0.2, 0.25) is 0 Å². The van der Waals surface area contributed by atoms with Gasteiger partial charge in [0, 0.05) is 31.5 Å². The maximum atomic E-state index is 12.8. The molecule has 1 amide bonds. The highest BCUT2D eigenvalue weighted by Crippen LogP contribution is 2.39. The van der Waals surface area contributed by atoms with Crippen LogP contribution in [0.25, 0.3) is 0 Å². The SMILES string of the molecule is Cc1ccc(Cn2nc3n(c(=O)c2=O)C[C@@]2(CCN(C(=O)c4ccco4)C2)C3)cc1. The molecule has 0 bridgehead atoms. The number of furan rings is 1. The Labute approximate surface area is 172 Å². The maximum absolute atomic E-state index is 12.8. The van der Waals surface area contributed by atoms with Gasteiger partial charge in [-0.3, -0.25) is 19.0 Å². The Morgan fingerprint density at radius 2 is 1.93 bits per heavy atom. The van der Waals surface area contributed by atoms with Gasteiger partial charge in [0.25, 0.3) is 5.91 Å². The first-order chi connectivity index (χ1) is 14.4. The summed E-state index contributed by atoms with van der Waals surface area (Å²) < 4.78 is 7.99. The molecule has 4 heterocycles. The third-order valence-electron chi connectivity index (χ3n) is 6.15. The van der Waals surface area contributed by atoms with Crippen molar-refractivity contribution in [2.75, 3.05) is 13.1 Å². The van der Waals surface area contributed by atoms with Crippen LogP contribution >= 0.6 is 0 Å². The van der Waals surface area contributed by atoms with Crippen molar-refractivity contribution in [2.24, 2.45) is 5.41 Å². The minimum Gasteiger partial charge on any atom is -0.459 e. The van der Waals surface area contributed by atoms with Gasteiger partial charge in [-0.25, -0.2) is 4.68 Å². The van der Waals surface area contributed by atoms with Crippen LogP contribution in [0, 0.1) is 12.3 Å². The molecular formula is C22H22N4O4. The number of nitrogens with zero attached hydrogens (tertiary/aromatic N) is 4. The second-order valence-corrected chi connectivity index (χ2v) is 8.39. The predicted molar refractivity (Wildman–Crippen MR) is 108 cm³/mol. The van der Waals surface area contributed by atoms with E-state index in [-0.39, 0.29) is 17.9 Å². The molecule has 2 aliphatic rings. The van der Waals surface area contributed by atoms with Gasteiger partial charge in [-0.1, -0.05) is 29.8 Å². The third kappa shape index (κ3) is 3.08. The van der Waals surface area contributed by atoms with Crippen LogP contribution in [0.5, 0.6) is 0 Å². The molecule has 1 fully saturated rings. The van der Waals surface area contributed by atoms with E-state index in [2.05, 4.69) is 5.10 Å². The summed E-state index contributed by atoms with van der Waals surface area (Å²) in [6.07, 6.45) is 2.81. The molecule has 2 aliphatic heterocycles. The predicted octanol–water partition coefficient (Wildman–Crippen LogP) is 1.44. The van der Waals surface area contributed by atoms with E-state index >= 15 is 0 Å². The molecule has 2 aromatic heterocycles. The van der Waals surface area contributed by atoms with E-state index in [9.17, 15) is 14.4 Å². The lowest BCUT2D eigenvalue weighted by Gasteiger charge is -2.22. The lowest BCUT2D eigenvalue weighted by Crippen LogP contribution is -2.43. The molecule has 0 radical (unpaired) electrons. The van der Waals surface area contributed by atoms with Crippen LogP contribution < -0.4 is 11.1 Å².